The summed E-state index contributed by atoms with van der Waals surface area (Å²) < 4.78 is 0. The van der Waals surface area contributed by atoms with Gasteiger partial charge in [-0.2, -0.15) is 0 Å². The summed E-state index contributed by atoms with van der Waals surface area (Å²) in [6.07, 6.45) is 0. The second kappa shape index (κ2) is 2.87. The highest BCUT2D eigenvalue weighted by Gasteiger charge is 2.08. The van der Waals surface area contributed by atoms with Crippen LogP contribution in [0.15, 0.2) is 10.1 Å². The summed E-state index contributed by atoms with van der Waals surface area (Å²) in [4.78, 5) is 4.09. The van der Waals surface area contributed by atoms with E-state index >= 15 is 0 Å². The molecule has 1 heterocycles. The van der Waals surface area contributed by atoms with Gasteiger partial charge in [0, 0.05) is 12.3 Å². The van der Waals surface area contributed by atoms with Gasteiger partial charge in [-0.05, 0) is 6.92 Å². The highest BCUT2D eigenvalue weighted by molar-refractivity contribution is 8.15. The minimum Gasteiger partial charge on any atom is -0.410 e. The van der Waals surface area contributed by atoms with Gasteiger partial charge < -0.3 is 5.21 Å². The molecule has 0 fully saturated rings. The topological polar surface area (TPSA) is 45.0 Å². The summed E-state index contributed by atoms with van der Waals surface area (Å²) >= 11 is 1.54. The van der Waals surface area contributed by atoms with Crippen molar-refractivity contribution in [2.24, 2.45) is 10.1 Å². The van der Waals surface area contributed by atoms with Gasteiger partial charge in [-0.15, -0.1) is 0 Å². The summed E-state index contributed by atoms with van der Waals surface area (Å²) in [7, 11) is 0. The van der Waals surface area contributed by atoms with E-state index in [1.165, 1.54) is 0 Å². The van der Waals surface area contributed by atoms with Gasteiger partial charge in [0.15, 0.2) is 5.04 Å². The van der Waals surface area contributed by atoms with E-state index in [1.807, 2.05) is 6.92 Å². The summed E-state index contributed by atoms with van der Waals surface area (Å²) in [6, 6.07) is 0. The van der Waals surface area contributed by atoms with Crippen LogP contribution in [0.5, 0.6) is 0 Å². The Balaban J connectivity index is 2.73. The maximum atomic E-state index is 8.35. The molecule has 0 amide bonds. The molecule has 1 rings (SSSR count). The van der Waals surface area contributed by atoms with Crippen LogP contribution in [0.3, 0.4) is 0 Å². The molecular weight excluding hydrogens is 136 g/mol. The molecule has 0 radical (unpaired) electrons. The van der Waals surface area contributed by atoms with Crippen molar-refractivity contribution in [2.45, 2.75) is 6.92 Å². The van der Waals surface area contributed by atoms with Gasteiger partial charge in [0.1, 0.15) is 0 Å². The van der Waals surface area contributed by atoms with Crippen LogP contribution in [0.1, 0.15) is 6.92 Å². The molecule has 1 aliphatic rings. The molecule has 50 valence electrons. The molecule has 0 aromatic rings. The van der Waals surface area contributed by atoms with E-state index < -0.39 is 0 Å². The lowest BCUT2D eigenvalue weighted by atomic mass is 10.4. The van der Waals surface area contributed by atoms with Crippen molar-refractivity contribution in [3.05, 3.63) is 0 Å². The fourth-order valence-electron chi connectivity index (χ4n) is 0.629. The SMILES string of the molecule is CC1=NCCS/C1=N\O. The second-order valence-electron chi connectivity index (χ2n) is 1.72. The number of oxime groups is 1. The lowest BCUT2D eigenvalue weighted by Crippen LogP contribution is -2.13. The van der Waals surface area contributed by atoms with Crippen molar-refractivity contribution in [2.75, 3.05) is 12.3 Å². The summed E-state index contributed by atoms with van der Waals surface area (Å²) in [5, 5.41) is 12.1. The number of thioether (sulfide) groups is 1. The molecule has 0 unspecified atom stereocenters. The Morgan fingerprint density at radius 3 is 3.00 bits per heavy atom. The standard InChI is InChI=1S/C5H8N2OS/c1-4-5(7-8)9-3-2-6-4/h8H,2-3H2,1H3/b7-5-. The van der Waals surface area contributed by atoms with E-state index in [9.17, 15) is 0 Å². The fraction of sp³-hybridized carbons (Fsp3) is 0.600. The largest absolute Gasteiger partial charge is 0.410 e. The molecular formula is C5H8N2OS. The molecule has 1 N–H and O–H groups in total. The van der Waals surface area contributed by atoms with Gasteiger partial charge in [-0.1, -0.05) is 16.9 Å². The lowest BCUT2D eigenvalue weighted by molar-refractivity contribution is 0.321. The monoisotopic (exact) mass is 144 g/mol. The summed E-state index contributed by atoms with van der Waals surface area (Å²) in [6.45, 7) is 2.69. The van der Waals surface area contributed by atoms with Crippen LogP contribution in [0, 0.1) is 0 Å². The fourth-order valence-corrected chi connectivity index (χ4v) is 1.34. The van der Waals surface area contributed by atoms with Crippen LogP contribution in [0.4, 0.5) is 0 Å². The second-order valence-corrected chi connectivity index (χ2v) is 2.80. The van der Waals surface area contributed by atoms with Crippen molar-refractivity contribution in [3.63, 3.8) is 0 Å². The van der Waals surface area contributed by atoms with Gasteiger partial charge in [-0.3, -0.25) is 4.99 Å². The lowest BCUT2D eigenvalue weighted by Gasteiger charge is -2.07. The first-order chi connectivity index (χ1) is 4.34. The Hall–Kier alpha value is -0.510. The van der Waals surface area contributed by atoms with E-state index in [2.05, 4.69) is 10.1 Å². The predicted molar refractivity (Wildman–Crippen MR) is 39.7 cm³/mol. The van der Waals surface area contributed by atoms with E-state index in [1.54, 1.807) is 11.8 Å². The van der Waals surface area contributed by atoms with Crippen molar-refractivity contribution in [3.8, 4) is 0 Å². The van der Waals surface area contributed by atoms with Gasteiger partial charge in [0.25, 0.3) is 0 Å². The number of hydrogen-bond donors (Lipinski definition) is 1. The minimum absolute atomic E-state index is 0.654. The zero-order valence-electron chi connectivity index (χ0n) is 5.16. The highest BCUT2D eigenvalue weighted by Crippen LogP contribution is 2.10. The van der Waals surface area contributed by atoms with Crippen LogP contribution in [0.25, 0.3) is 0 Å². The van der Waals surface area contributed by atoms with Crippen LogP contribution in [-0.2, 0) is 0 Å². The minimum atomic E-state index is 0.654. The van der Waals surface area contributed by atoms with Crippen molar-refractivity contribution in [1.29, 1.82) is 0 Å². The van der Waals surface area contributed by atoms with Crippen LogP contribution >= 0.6 is 11.8 Å². The Kier molecular flexibility index (Phi) is 2.10. The number of nitrogens with zero attached hydrogens (tertiary/aromatic N) is 2. The number of hydrogen-bond acceptors (Lipinski definition) is 4. The van der Waals surface area contributed by atoms with Gasteiger partial charge >= 0.3 is 0 Å². The molecule has 0 atom stereocenters. The molecule has 3 nitrogen and oxygen atoms in total. The average Bonchev–Trinajstić information content (AvgIpc) is 1.89. The van der Waals surface area contributed by atoms with E-state index in [4.69, 9.17) is 5.21 Å². The molecule has 0 aromatic heterocycles. The molecule has 1 aliphatic heterocycles. The molecule has 0 saturated heterocycles. The third kappa shape index (κ3) is 1.45. The maximum absolute atomic E-state index is 8.35. The summed E-state index contributed by atoms with van der Waals surface area (Å²) in [5.74, 6) is 0.927. The predicted octanol–water partition coefficient (Wildman–Crippen LogP) is 0.982. The molecule has 0 bridgehead atoms. The molecule has 4 heteroatoms. The first kappa shape index (κ1) is 6.61. The molecule has 0 aliphatic carbocycles. The Morgan fingerprint density at radius 1 is 1.78 bits per heavy atom. The molecule has 9 heavy (non-hydrogen) atoms. The quantitative estimate of drug-likeness (QED) is 0.407. The molecule has 0 spiro atoms. The smallest absolute Gasteiger partial charge is 0.156 e. The Bertz CT molecular complexity index is 164. The number of aliphatic imine (C=N–C) groups is 1. The van der Waals surface area contributed by atoms with Gasteiger partial charge in [0.05, 0.1) is 5.71 Å². The van der Waals surface area contributed by atoms with Gasteiger partial charge in [0.2, 0.25) is 0 Å². The molecule has 0 aromatic carbocycles. The van der Waals surface area contributed by atoms with E-state index in [0.717, 1.165) is 18.0 Å². The molecule has 0 saturated carbocycles. The van der Waals surface area contributed by atoms with Crippen LogP contribution < -0.4 is 0 Å². The zero-order valence-corrected chi connectivity index (χ0v) is 5.98. The zero-order chi connectivity index (χ0) is 6.69. The van der Waals surface area contributed by atoms with Gasteiger partial charge in [-0.25, -0.2) is 0 Å². The first-order valence-corrected chi connectivity index (χ1v) is 3.69. The normalized spacial score (nSPS) is 24.1. The van der Waals surface area contributed by atoms with Crippen LogP contribution in [-0.4, -0.2) is 28.3 Å². The Labute approximate surface area is 57.9 Å². The van der Waals surface area contributed by atoms with Crippen molar-refractivity contribution < 1.29 is 5.21 Å². The van der Waals surface area contributed by atoms with E-state index in [-0.39, 0.29) is 0 Å². The van der Waals surface area contributed by atoms with Crippen molar-refractivity contribution in [1.82, 2.24) is 0 Å². The number of rotatable bonds is 0. The van der Waals surface area contributed by atoms with E-state index in [0.29, 0.717) is 5.04 Å². The highest BCUT2D eigenvalue weighted by atomic mass is 32.2. The third-order valence-corrected chi connectivity index (χ3v) is 2.12. The Morgan fingerprint density at radius 2 is 2.56 bits per heavy atom. The average molecular weight is 144 g/mol. The van der Waals surface area contributed by atoms with Crippen LogP contribution in [0.2, 0.25) is 0 Å². The maximum Gasteiger partial charge on any atom is 0.156 e. The summed E-state index contributed by atoms with van der Waals surface area (Å²) in [5.41, 5.74) is 0.841. The van der Waals surface area contributed by atoms with Crippen molar-refractivity contribution >= 4 is 22.5 Å². The third-order valence-electron chi connectivity index (χ3n) is 1.08. The first-order valence-electron chi connectivity index (χ1n) is 2.71.